The van der Waals surface area contributed by atoms with Crippen molar-refractivity contribution in [1.29, 1.82) is 0 Å². The van der Waals surface area contributed by atoms with Crippen molar-refractivity contribution in [2.75, 3.05) is 0 Å². The van der Waals surface area contributed by atoms with Crippen LogP contribution < -0.4 is 0 Å². The summed E-state index contributed by atoms with van der Waals surface area (Å²) in [4.78, 5) is 10.6. The zero-order chi connectivity index (χ0) is 43.8. The summed E-state index contributed by atoms with van der Waals surface area (Å²) in [5.74, 6) is 0.730. The van der Waals surface area contributed by atoms with Gasteiger partial charge in [-0.2, -0.15) is 0 Å². The molecule has 0 aliphatic rings. The Bertz CT molecular complexity index is 3660. The Morgan fingerprint density at radius 3 is 1.18 bits per heavy atom. The number of fused-ring (bicyclic) bond motifs is 4. The summed E-state index contributed by atoms with van der Waals surface area (Å²) in [7, 11) is 0. The zero-order valence-corrected chi connectivity index (χ0v) is 36.1. The summed E-state index contributed by atoms with van der Waals surface area (Å²) in [6, 6.07) is 91.5. The first kappa shape index (κ1) is 38.9. The van der Waals surface area contributed by atoms with Crippen LogP contribution in [0.2, 0.25) is 0 Å². The summed E-state index contributed by atoms with van der Waals surface area (Å²) < 4.78 is 0. The molecule has 2 nitrogen and oxygen atoms in total. The van der Waals surface area contributed by atoms with E-state index in [9.17, 15) is 0 Å². The van der Waals surface area contributed by atoms with Gasteiger partial charge in [-0.15, -0.1) is 0 Å². The van der Waals surface area contributed by atoms with Crippen LogP contribution in [0.15, 0.2) is 255 Å². The monoisotopic (exact) mass is 838 g/mol. The van der Waals surface area contributed by atoms with Gasteiger partial charge in [0, 0.05) is 21.9 Å². The van der Waals surface area contributed by atoms with Crippen LogP contribution in [0, 0.1) is 0 Å². The van der Waals surface area contributed by atoms with Crippen molar-refractivity contribution in [3.8, 4) is 89.4 Å². The van der Waals surface area contributed by atoms with E-state index in [2.05, 4.69) is 255 Å². The van der Waals surface area contributed by atoms with Gasteiger partial charge in [-0.1, -0.05) is 218 Å². The smallest absolute Gasteiger partial charge is 0.161 e. The summed E-state index contributed by atoms with van der Waals surface area (Å²) in [5.41, 5.74) is 18.2. The first-order valence-electron chi connectivity index (χ1n) is 22.5. The molecule has 1 heterocycles. The Balaban J connectivity index is 0.846. The predicted molar refractivity (Wildman–Crippen MR) is 278 cm³/mol. The Morgan fingerprint density at radius 2 is 0.591 bits per heavy atom. The molecule has 0 spiro atoms. The number of benzene rings is 11. The van der Waals surface area contributed by atoms with Crippen molar-refractivity contribution in [3.05, 3.63) is 255 Å². The molecular weight excluding hydrogens is 797 g/mol. The van der Waals surface area contributed by atoms with Crippen molar-refractivity contribution in [2.45, 2.75) is 0 Å². The normalized spacial score (nSPS) is 11.3. The van der Waals surface area contributed by atoms with E-state index in [0.29, 0.717) is 0 Å². The molecule has 11 aromatic carbocycles. The Kier molecular flexibility index (Phi) is 9.89. The molecule has 308 valence electrons. The Morgan fingerprint density at radius 1 is 0.212 bits per heavy atom. The molecule has 2 heteroatoms. The fraction of sp³-hybridized carbons (Fsp3) is 0. The molecular formula is C64H42N2. The number of nitrogens with zero attached hydrogens (tertiary/aromatic N) is 2. The van der Waals surface area contributed by atoms with Crippen molar-refractivity contribution in [3.63, 3.8) is 0 Å². The van der Waals surface area contributed by atoms with Gasteiger partial charge in [-0.05, 0) is 119 Å². The highest BCUT2D eigenvalue weighted by atomic mass is 14.9. The van der Waals surface area contributed by atoms with E-state index in [1.807, 2.05) is 0 Å². The molecule has 12 aromatic rings. The minimum Gasteiger partial charge on any atom is -0.227 e. The highest BCUT2D eigenvalue weighted by molar-refractivity contribution is 6.10. The van der Waals surface area contributed by atoms with E-state index in [4.69, 9.17) is 9.97 Å². The molecule has 66 heavy (non-hydrogen) atoms. The Hall–Kier alpha value is -8.72. The SMILES string of the molecule is c1ccc(-c2cc(-c3ccccc3)cc(-c3cccc(-c4cccc(-c5ccc(-c6ccc(-c7nc(-c8cccc9ccccc89)nc8c7ccc7ccccc78)cc6)cc5)c4)c3)c2)cc1. The molecule has 0 aliphatic heterocycles. The minimum absolute atomic E-state index is 0.730. The lowest BCUT2D eigenvalue weighted by molar-refractivity contribution is 1.24. The van der Waals surface area contributed by atoms with Crippen LogP contribution >= 0.6 is 0 Å². The van der Waals surface area contributed by atoms with Crippen LogP contribution in [0.1, 0.15) is 0 Å². The number of hydrogen-bond acceptors (Lipinski definition) is 2. The fourth-order valence-electron chi connectivity index (χ4n) is 9.45. The van der Waals surface area contributed by atoms with Gasteiger partial charge in [0.25, 0.3) is 0 Å². The molecule has 0 unspecified atom stereocenters. The maximum absolute atomic E-state index is 5.31. The van der Waals surface area contributed by atoms with E-state index in [0.717, 1.165) is 60.8 Å². The van der Waals surface area contributed by atoms with Crippen LogP contribution in [0.5, 0.6) is 0 Å². The second-order valence-electron chi connectivity index (χ2n) is 17.0. The van der Waals surface area contributed by atoms with E-state index in [1.54, 1.807) is 0 Å². The molecule has 0 saturated carbocycles. The van der Waals surface area contributed by atoms with Crippen molar-refractivity contribution >= 4 is 32.4 Å². The third kappa shape index (κ3) is 7.41. The quantitative estimate of drug-likeness (QED) is 0.143. The number of rotatable bonds is 8. The van der Waals surface area contributed by atoms with Gasteiger partial charge in [0.05, 0.1) is 11.2 Å². The second kappa shape index (κ2) is 16.8. The van der Waals surface area contributed by atoms with Crippen molar-refractivity contribution in [2.24, 2.45) is 0 Å². The first-order valence-corrected chi connectivity index (χ1v) is 22.5. The molecule has 0 saturated heterocycles. The highest BCUT2D eigenvalue weighted by Crippen LogP contribution is 2.38. The molecule has 1 aromatic heterocycles. The first-order chi connectivity index (χ1) is 32.7. The third-order valence-corrected chi connectivity index (χ3v) is 12.9. The summed E-state index contributed by atoms with van der Waals surface area (Å²) in [5, 5.41) is 5.64. The van der Waals surface area contributed by atoms with Crippen LogP contribution in [-0.4, -0.2) is 9.97 Å². The largest absolute Gasteiger partial charge is 0.227 e. The lowest BCUT2D eigenvalue weighted by Crippen LogP contribution is -1.96. The van der Waals surface area contributed by atoms with Gasteiger partial charge in [-0.25, -0.2) is 9.97 Å². The van der Waals surface area contributed by atoms with Gasteiger partial charge in [-0.3, -0.25) is 0 Å². The van der Waals surface area contributed by atoms with Gasteiger partial charge < -0.3 is 0 Å². The van der Waals surface area contributed by atoms with E-state index in [-0.39, 0.29) is 0 Å². The van der Waals surface area contributed by atoms with Crippen LogP contribution in [0.3, 0.4) is 0 Å². The molecule has 0 amide bonds. The van der Waals surface area contributed by atoms with Gasteiger partial charge in [0.1, 0.15) is 0 Å². The summed E-state index contributed by atoms with van der Waals surface area (Å²) >= 11 is 0. The third-order valence-electron chi connectivity index (χ3n) is 12.9. The molecule has 0 atom stereocenters. The Labute approximate surface area is 384 Å². The summed E-state index contributed by atoms with van der Waals surface area (Å²) in [6.07, 6.45) is 0. The molecule has 0 N–H and O–H groups in total. The number of hydrogen-bond donors (Lipinski definition) is 0. The van der Waals surface area contributed by atoms with Gasteiger partial charge in [0.15, 0.2) is 5.82 Å². The minimum atomic E-state index is 0.730. The van der Waals surface area contributed by atoms with E-state index < -0.39 is 0 Å². The topological polar surface area (TPSA) is 25.8 Å². The number of aromatic nitrogens is 2. The van der Waals surface area contributed by atoms with Crippen LogP contribution in [0.25, 0.3) is 122 Å². The van der Waals surface area contributed by atoms with Gasteiger partial charge in [0.2, 0.25) is 0 Å². The highest BCUT2D eigenvalue weighted by Gasteiger charge is 2.16. The lowest BCUT2D eigenvalue weighted by Gasteiger charge is -2.13. The lowest BCUT2D eigenvalue weighted by atomic mass is 9.91. The van der Waals surface area contributed by atoms with E-state index in [1.165, 1.54) is 61.0 Å². The molecule has 0 aliphatic carbocycles. The second-order valence-corrected chi connectivity index (χ2v) is 17.0. The van der Waals surface area contributed by atoms with Gasteiger partial charge >= 0.3 is 0 Å². The van der Waals surface area contributed by atoms with Crippen molar-refractivity contribution < 1.29 is 0 Å². The molecule has 0 radical (unpaired) electrons. The molecule has 0 bridgehead atoms. The van der Waals surface area contributed by atoms with Crippen molar-refractivity contribution in [1.82, 2.24) is 9.97 Å². The average Bonchev–Trinajstić information content (AvgIpc) is 3.41. The molecule has 12 rings (SSSR count). The van der Waals surface area contributed by atoms with E-state index >= 15 is 0 Å². The van der Waals surface area contributed by atoms with Crippen LogP contribution in [-0.2, 0) is 0 Å². The average molecular weight is 839 g/mol. The zero-order valence-electron chi connectivity index (χ0n) is 36.1. The van der Waals surface area contributed by atoms with Crippen LogP contribution in [0.4, 0.5) is 0 Å². The fourth-order valence-corrected chi connectivity index (χ4v) is 9.45. The summed E-state index contributed by atoms with van der Waals surface area (Å²) in [6.45, 7) is 0. The molecule has 0 fully saturated rings. The predicted octanol–water partition coefficient (Wildman–Crippen LogP) is 17.3. The maximum atomic E-state index is 5.31. The standard InChI is InChI=1S/C64H42N2/c1-3-14-43(15-4-1)55-40-56(44-16-5-2-6-17-44)42-57(41-55)54-24-12-23-53(39-54)52-22-11-21-51(38-52)47-30-28-45(29-31-47)46-32-34-50(35-33-46)62-61-37-36-49-19-8-10-26-59(49)63(61)66-64(65-62)60-27-13-20-48-18-7-9-25-58(48)60/h1-42H. The maximum Gasteiger partial charge on any atom is 0.161 e.